The van der Waals surface area contributed by atoms with Gasteiger partial charge in [-0.15, -0.1) is 0 Å². The minimum Gasteiger partial charge on any atom is -0.422 e. The number of nitrogens with zero attached hydrogens (tertiary/aromatic N) is 1. The molecule has 0 saturated carbocycles. The van der Waals surface area contributed by atoms with Crippen molar-refractivity contribution in [2.24, 2.45) is 0 Å². The van der Waals surface area contributed by atoms with Crippen LogP contribution < -0.4 is 10.9 Å². The molecule has 1 amide bonds. The summed E-state index contributed by atoms with van der Waals surface area (Å²) in [6.45, 7) is 0. The molecule has 0 aliphatic carbocycles. The van der Waals surface area contributed by atoms with Gasteiger partial charge in [0.05, 0.1) is 15.8 Å². The summed E-state index contributed by atoms with van der Waals surface area (Å²) in [4.78, 5) is 29.3. The molecule has 0 bridgehead atoms. The SMILES string of the molecule is O=C(Nc1nc2ccccc2s1)c1ccc(-c2cc3ccccc3oc2=O)cc1. The Morgan fingerprint density at radius 2 is 1.69 bits per heavy atom. The van der Waals surface area contributed by atoms with Crippen LogP contribution in [0.25, 0.3) is 32.3 Å². The fourth-order valence-electron chi connectivity index (χ4n) is 3.16. The van der Waals surface area contributed by atoms with Crippen LogP contribution in [-0.4, -0.2) is 10.9 Å². The number of rotatable bonds is 3. The highest BCUT2D eigenvalue weighted by atomic mass is 32.1. The average Bonchev–Trinajstić information content (AvgIpc) is 3.15. The first-order chi connectivity index (χ1) is 14.2. The number of hydrogen-bond acceptors (Lipinski definition) is 5. The zero-order chi connectivity index (χ0) is 19.8. The van der Waals surface area contributed by atoms with Gasteiger partial charge in [-0.05, 0) is 42.0 Å². The second-order valence-corrected chi connectivity index (χ2v) is 7.53. The van der Waals surface area contributed by atoms with E-state index in [4.69, 9.17) is 4.42 Å². The number of amides is 1. The van der Waals surface area contributed by atoms with Gasteiger partial charge in [-0.2, -0.15) is 0 Å². The highest BCUT2D eigenvalue weighted by Gasteiger charge is 2.12. The molecule has 0 unspecified atom stereocenters. The van der Waals surface area contributed by atoms with Gasteiger partial charge in [-0.25, -0.2) is 9.78 Å². The number of hydrogen-bond donors (Lipinski definition) is 1. The highest BCUT2D eigenvalue weighted by Crippen LogP contribution is 2.26. The Morgan fingerprint density at radius 1 is 0.931 bits per heavy atom. The summed E-state index contributed by atoms with van der Waals surface area (Å²) in [6, 6.07) is 23.8. The minimum absolute atomic E-state index is 0.249. The van der Waals surface area contributed by atoms with Crippen LogP contribution in [-0.2, 0) is 0 Å². The van der Waals surface area contributed by atoms with Gasteiger partial charge in [0.15, 0.2) is 5.13 Å². The third-order valence-electron chi connectivity index (χ3n) is 4.61. The second kappa shape index (κ2) is 7.00. The normalized spacial score (nSPS) is 11.0. The van der Waals surface area contributed by atoms with Crippen molar-refractivity contribution in [1.82, 2.24) is 4.98 Å². The summed E-state index contributed by atoms with van der Waals surface area (Å²) >= 11 is 1.43. The van der Waals surface area contributed by atoms with Gasteiger partial charge in [-0.1, -0.05) is 53.8 Å². The molecule has 0 atom stereocenters. The van der Waals surface area contributed by atoms with Gasteiger partial charge >= 0.3 is 5.63 Å². The van der Waals surface area contributed by atoms with Gasteiger partial charge in [-0.3, -0.25) is 10.1 Å². The first kappa shape index (κ1) is 17.3. The van der Waals surface area contributed by atoms with Crippen LogP contribution in [0.1, 0.15) is 10.4 Å². The molecule has 0 fully saturated rings. The lowest BCUT2D eigenvalue weighted by Crippen LogP contribution is -2.11. The van der Waals surface area contributed by atoms with E-state index in [9.17, 15) is 9.59 Å². The number of benzene rings is 3. The van der Waals surface area contributed by atoms with Crippen LogP contribution in [0.3, 0.4) is 0 Å². The number of para-hydroxylation sites is 2. The molecule has 5 aromatic rings. The maximum absolute atomic E-state index is 12.6. The molecule has 5 nitrogen and oxygen atoms in total. The van der Waals surface area contributed by atoms with Crippen molar-refractivity contribution in [3.63, 3.8) is 0 Å². The molecule has 1 N–H and O–H groups in total. The lowest BCUT2D eigenvalue weighted by Gasteiger charge is -2.05. The summed E-state index contributed by atoms with van der Waals surface area (Å²) in [6.07, 6.45) is 0. The zero-order valence-corrected chi connectivity index (χ0v) is 15.9. The zero-order valence-electron chi connectivity index (χ0n) is 15.1. The van der Waals surface area contributed by atoms with Crippen LogP contribution in [0.5, 0.6) is 0 Å². The first-order valence-electron chi connectivity index (χ1n) is 8.98. The Kier molecular flexibility index (Phi) is 4.18. The largest absolute Gasteiger partial charge is 0.422 e. The molecule has 0 aliphatic heterocycles. The molecule has 0 radical (unpaired) electrons. The molecule has 2 heterocycles. The smallest absolute Gasteiger partial charge is 0.344 e. The maximum atomic E-state index is 12.6. The number of nitrogens with one attached hydrogen (secondary N) is 1. The minimum atomic E-state index is -0.407. The quantitative estimate of drug-likeness (QED) is 0.417. The van der Waals surface area contributed by atoms with Crippen molar-refractivity contribution < 1.29 is 9.21 Å². The van der Waals surface area contributed by atoms with Crippen LogP contribution in [0.4, 0.5) is 5.13 Å². The van der Waals surface area contributed by atoms with Gasteiger partial charge < -0.3 is 4.42 Å². The van der Waals surface area contributed by atoms with Gasteiger partial charge in [0.25, 0.3) is 5.91 Å². The number of fused-ring (bicyclic) bond motifs is 2. The number of anilines is 1. The van der Waals surface area contributed by atoms with Crippen LogP contribution in [0.15, 0.2) is 88.1 Å². The molecule has 6 heteroatoms. The van der Waals surface area contributed by atoms with Crippen LogP contribution >= 0.6 is 11.3 Å². The van der Waals surface area contributed by atoms with Crippen LogP contribution in [0.2, 0.25) is 0 Å². The van der Waals surface area contributed by atoms with Crippen molar-refractivity contribution in [2.75, 3.05) is 5.32 Å². The Bertz CT molecular complexity index is 1380. The van der Waals surface area contributed by atoms with Crippen molar-refractivity contribution in [3.05, 3.63) is 94.8 Å². The number of thiazole rings is 1. The second-order valence-electron chi connectivity index (χ2n) is 6.50. The third kappa shape index (κ3) is 3.30. The lowest BCUT2D eigenvalue weighted by molar-refractivity contribution is 0.102. The van der Waals surface area contributed by atoms with E-state index >= 15 is 0 Å². The Hall–Kier alpha value is -3.77. The lowest BCUT2D eigenvalue weighted by atomic mass is 10.0. The monoisotopic (exact) mass is 398 g/mol. The maximum Gasteiger partial charge on any atom is 0.344 e. The predicted molar refractivity (Wildman–Crippen MR) is 115 cm³/mol. The standard InChI is InChI=1S/C23H14N2O3S/c26-21(25-23-24-18-6-2-4-8-20(18)29-23)15-11-9-14(10-12-15)17-13-16-5-1-3-7-19(16)28-22(17)27/h1-13H,(H,24,25,26). The summed E-state index contributed by atoms with van der Waals surface area (Å²) < 4.78 is 6.41. The Morgan fingerprint density at radius 3 is 2.52 bits per heavy atom. The molecular weight excluding hydrogens is 384 g/mol. The van der Waals surface area contributed by atoms with Gasteiger partial charge in [0, 0.05) is 10.9 Å². The summed E-state index contributed by atoms with van der Waals surface area (Å²) in [5, 5.41) is 4.23. The first-order valence-corrected chi connectivity index (χ1v) is 9.79. The fourth-order valence-corrected chi connectivity index (χ4v) is 4.02. The average molecular weight is 398 g/mol. The third-order valence-corrected chi connectivity index (χ3v) is 5.57. The van der Waals surface area contributed by atoms with E-state index in [0.717, 1.165) is 15.6 Å². The van der Waals surface area contributed by atoms with E-state index in [0.29, 0.717) is 27.4 Å². The summed E-state index contributed by atoms with van der Waals surface area (Å²) in [7, 11) is 0. The number of carbonyl (C=O) groups is 1. The molecule has 0 spiro atoms. The molecule has 0 saturated heterocycles. The van der Waals surface area contributed by atoms with Crippen molar-refractivity contribution in [1.29, 1.82) is 0 Å². The van der Waals surface area contributed by atoms with E-state index in [1.54, 1.807) is 36.4 Å². The fraction of sp³-hybridized carbons (Fsp3) is 0. The highest BCUT2D eigenvalue weighted by molar-refractivity contribution is 7.22. The molecule has 5 rings (SSSR count). The van der Waals surface area contributed by atoms with E-state index in [2.05, 4.69) is 10.3 Å². The molecular formula is C23H14N2O3S. The summed E-state index contributed by atoms with van der Waals surface area (Å²) in [5.41, 5.74) is 2.63. The Labute approximate surface area is 169 Å². The Balaban J connectivity index is 1.41. The molecule has 0 aliphatic rings. The molecule has 29 heavy (non-hydrogen) atoms. The molecule has 2 aromatic heterocycles. The van der Waals surface area contributed by atoms with Gasteiger partial charge in [0.2, 0.25) is 0 Å². The molecule has 140 valence electrons. The van der Waals surface area contributed by atoms with Crippen LogP contribution in [0, 0.1) is 0 Å². The topological polar surface area (TPSA) is 72.2 Å². The van der Waals surface area contributed by atoms with E-state index in [1.165, 1.54) is 11.3 Å². The predicted octanol–water partition coefficient (Wildman–Crippen LogP) is 5.32. The number of carbonyl (C=O) groups excluding carboxylic acids is 1. The van der Waals surface area contributed by atoms with Crippen molar-refractivity contribution in [2.45, 2.75) is 0 Å². The number of aromatic nitrogens is 1. The summed E-state index contributed by atoms with van der Waals surface area (Å²) in [5.74, 6) is -0.249. The van der Waals surface area contributed by atoms with E-state index in [1.807, 2.05) is 42.5 Å². The van der Waals surface area contributed by atoms with E-state index in [-0.39, 0.29) is 5.91 Å². The van der Waals surface area contributed by atoms with E-state index < -0.39 is 5.63 Å². The van der Waals surface area contributed by atoms with Gasteiger partial charge in [0.1, 0.15) is 5.58 Å². The molecule has 3 aromatic carbocycles. The van der Waals surface area contributed by atoms with Crippen molar-refractivity contribution in [3.8, 4) is 11.1 Å². The van der Waals surface area contributed by atoms with Crippen molar-refractivity contribution >= 4 is 43.6 Å².